The van der Waals surface area contributed by atoms with E-state index in [-0.39, 0.29) is 5.04 Å². The minimum absolute atomic E-state index is 0.163. The van der Waals surface area contributed by atoms with Crippen molar-refractivity contribution in [3.8, 4) is 0 Å². The molecule has 4 heteroatoms. The Morgan fingerprint density at radius 3 is 2.30 bits per heavy atom. The summed E-state index contributed by atoms with van der Waals surface area (Å²) in [5.74, 6) is -1.67. The Morgan fingerprint density at radius 1 is 1.20 bits per heavy atom. The predicted octanol–water partition coefficient (Wildman–Crippen LogP) is 5.39. The number of halogens is 2. The Kier molecular flexibility index (Phi) is 5.27. The van der Waals surface area contributed by atoms with Crippen LogP contribution < -0.4 is 0 Å². The predicted molar refractivity (Wildman–Crippen MR) is 83.2 cm³/mol. The van der Waals surface area contributed by atoms with Gasteiger partial charge < -0.3 is 4.43 Å². The maximum Gasteiger partial charge on any atom is 0.191 e. The quantitative estimate of drug-likeness (QED) is 0.662. The minimum atomic E-state index is -1.77. The van der Waals surface area contributed by atoms with E-state index >= 15 is 0 Å². The largest absolute Gasteiger partial charge is 0.416 e. The summed E-state index contributed by atoms with van der Waals surface area (Å²) >= 11 is 0. The number of hydrogen-bond donors (Lipinski definition) is 0. The second kappa shape index (κ2) is 6.18. The molecule has 1 rings (SSSR count). The Hall–Kier alpha value is -1.00. The van der Waals surface area contributed by atoms with Gasteiger partial charge in [-0.1, -0.05) is 33.4 Å². The van der Waals surface area contributed by atoms with Crippen molar-refractivity contribution >= 4 is 13.9 Å². The SMILES string of the molecule is C=C(CCO[Si](C)(C)C(C)(C)C)c1ccc(F)c(F)c1. The van der Waals surface area contributed by atoms with E-state index in [1.54, 1.807) is 6.07 Å². The van der Waals surface area contributed by atoms with Crippen molar-refractivity contribution in [1.82, 2.24) is 0 Å². The minimum Gasteiger partial charge on any atom is -0.416 e. The molecule has 0 amide bonds. The maximum absolute atomic E-state index is 13.2. The fourth-order valence-corrected chi connectivity index (χ4v) is 2.55. The molecule has 0 aliphatic carbocycles. The summed E-state index contributed by atoms with van der Waals surface area (Å²) in [4.78, 5) is 0. The molecule has 0 spiro atoms. The molecule has 112 valence electrons. The van der Waals surface area contributed by atoms with E-state index in [1.165, 1.54) is 6.07 Å². The van der Waals surface area contributed by atoms with Crippen LogP contribution in [-0.4, -0.2) is 14.9 Å². The highest BCUT2D eigenvalue weighted by Gasteiger charge is 2.36. The third-order valence-electron chi connectivity index (χ3n) is 4.00. The number of benzene rings is 1. The summed E-state index contributed by atoms with van der Waals surface area (Å²) in [5, 5.41) is 0.163. The molecule has 0 N–H and O–H groups in total. The molecule has 0 aliphatic heterocycles. The van der Waals surface area contributed by atoms with E-state index in [0.717, 1.165) is 11.6 Å². The highest BCUT2D eigenvalue weighted by atomic mass is 28.4. The Balaban J connectivity index is 2.58. The first-order valence-corrected chi connectivity index (χ1v) is 9.72. The number of hydrogen-bond acceptors (Lipinski definition) is 1. The first-order chi connectivity index (χ1) is 9.04. The zero-order valence-electron chi connectivity index (χ0n) is 13.0. The third kappa shape index (κ3) is 4.25. The van der Waals surface area contributed by atoms with Crippen LogP contribution in [0, 0.1) is 11.6 Å². The average molecular weight is 298 g/mol. The summed E-state index contributed by atoms with van der Waals surface area (Å²) in [6.45, 7) is 15.4. The lowest BCUT2D eigenvalue weighted by Crippen LogP contribution is -2.40. The molecule has 0 unspecified atom stereocenters. The third-order valence-corrected chi connectivity index (χ3v) is 8.54. The van der Waals surface area contributed by atoms with Gasteiger partial charge in [-0.3, -0.25) is 0 Å². The molecular formula is C16H24F2OSi. The zero-order chi connectivity index (χ0) is 15.6. The van der Waals surface area contributed by atoms with E-state index in [1.807, 2.05) is 0 Å². The van der Waals surface area contributed by atoms with Crippen LogP contribution in [0.1, 0.15) is 32.8 Å². The molecule has 0 radical (unpaired) electrons. The van der Waals surface area contributed by atoms with Gasteiger partial charge in [0.1, 0.15) is 0 Å². The van der Waals surface area contributed by atoms with E-state index in [4.69, 9.17) is 4.43 Å². The molecule has 0 aliphatic rings. The molecule has 1 aromatic carbocycles. The summed E-state index contributed by atoms with van der Waals surface area (Å²) in [5.41, 5.74) is 1.39. The standard InChI is InChI=1S/C16H24F2OSi/c1-12(13-7-8-14(17)15(18)11-13)9-10-19-20(5,6)16(2,3)4/h7-8,11H,1,9-10H2,2-6H3. The van der Waals surface area contributed by atoms with Crippen molar-refractivity contribution in [3.63, 3.8) is 0 Å². The van der Waals surface area contributed by atoms with Crippen LogP contribution in [0.5, 0.6) is 0 Å². The number of rotatable bonds is 5. The van der Waals surface area contributed by atoms with Crippen LogP contribution in [-0.2, 0) is 4.43 Å². The molecule has 1 aromatic rings. The first-order valence-electron chi connectivity index (χ1n) is 6.82. The fraction of sp³-hybridized carbons (Fsp3) is 0.500. The summed E-state index contributed by atoms with van der Waals surface area (Å²) in [6, 6.07) is 3.86. The van der Waals surface area contributed by atoms with Gasteiger partial charge in [-0.25, -0.2) is 8.78 Å². The lowest BCUT2D eigenvalue weighted by molar-refractivity contribution is 0.296. The van der Waals surface area contributed by atoms with Crippen molar-refractivity contribution < 1.29 is 13.2 Å². The Bertz CT molecular complexity index is 490. The fourth-order valence-electron chi connectivity index (χ4n) is 1.51. The summed E-state index contributed by atoms with van der Waals surface area (Å²) in [6.07, 6.45) is 0.623. The Morgan fingerprint density at radius 2 is 1.80 bits per heavy atom. The van der Waals surface area contributed by atoms with Gasteiger partial charge in [-0.2, -0.15) is 0 Å². The smallest absolute Gasteiger partial charge is 0.191 e. The van der Waals surface area contributed by atoms with Gasteiger partial charge in [0.25, 0.3) is 0 Å². The van der Waals surface area contributed by atoms with Crippen LogP contribution >= 0.6 is 0 Å². The van der Waals surface area contributed by atoms with Gasteiger partial charge in [0.05, 0.1) is 0 Å². The molecule has 0 saturated carbocycles. The van der Waals surface area contributed by atoms with Gasteiger partial charge >= 0.3 is 0 Å². The maximum atomic E-state index is 13.2. The van der Waals surface area contributed by atoms with Crippen molar-refractivity contribution in [1.29, 1.82) is 0 Å². The van der Waals surface area contributed by atoms with E-state index < -0.39 is 20.0 Å². The molecule has 0 fully saturated rings. The van der Waals surface area contributed by atoms with Crippen LogP contribution in [0.2, 0.25) is 18.1 Å². The second-order valence-electron chi connectivity index (χ2n) is 6.59. The Labute approximate surface area is 121 Å². The first kappa shape index (κ1) is 17.0. The monoisotopic (exact) mass is 298 g/mol. The van der Waals surface area contributed by atoms with Gasteiger partial charge in [-0.05, 0) is 47.8 Å². The average Bonchev–Trinajstić information content (AvgIpc) is 2.30. The highest BCUT2D eigenvalue weighted by molar-refractivity contribution is 6.74. The molecule has 20 heavy (non-hydrogen) atoms. The van der Waals surface area contributed by atoms with Crippen molar-refractivity contribution in [2.75, 3.05) is 6.61 Å². The van der Waals surface area contributed by atoms with E-state index in [2.05, 4.69) is 40.4 Å². The van der Waals surface area contributed by atoms with Gasteiger partial charge in [0.15, 0.2) is 20.0 Å². The van der Waals surface area contributed by atoms with Gasteiger partial charge in [-0.15, -0.1) is 0 Å². The van der Waals surface area contributed by atoms with Crippen molar-refractivity contribution in [2.45, 2.75) is 45.3 Å². The molecular weight excluding hydrogens is 274 g/mol. The van der Waals surface area contributed by atoms with Crippen LogP contribution in [0.15, 0.2) is 24.8 Å². The molecule has 0 aromatic heterocycles. The van der Waals surface area contributed by atoms with Gasteiger partial charge in [0.2, 0.25) is 0 Å². The van der Waals surface area contributed by atoms with Crippen LogP contribution in [0.25, 0.3) is 5.57 Å². The second-order valence-corrected chi connectivity index (χ2v) is 11.4. The zero-order valence-corrected chi connectivity index (χ0v) is 14.0. The highest BCUT2D eigenvalue weighted by Crippen LogP contribution is 2.36. The van der Waals surface area contributed by atoms with Crippen molar-refractivity contribution in [3.05, 3.63) is 42.0 Å². The van der Waals surface area contributed by atoms with Crippen molar-refractivity contribution in [2.24, 2.45) is 0 Å². The summed E-state index contributed by atoms with van der Waals surface area (Å²) < 4.78 is 32.1. The lowest BCUT2D eigenvalue weighted by atomic mass is 10.1. The molecule has 0 bridgehead atoms. The molecule has 0 saturated heterocycles. The molecule has 1 nitrogen and oxygen atoms in total. The lowest BCUT2D eigenvalue weighted by Gasteiger charge is -2.36. The molecule has 0 heterocycles. The topological polar surface area (TPSA) is 9.23 Å². The molecule has 0 atom stereocenters. The van der Waals surface area contributed by atoms with Crippen LogP contribution in [0.4, 0.5) is 8.78 Å². The van der Waals surface area contributed by atoms with E-state index in [0.29, 0.717) is 18.6 Å². The summed E-state index contributed by atoms with van der Waals surface area (Å²) in [7, 11) is -1.77. The normalized spacial score (nSPS) is 12.6. The van der Waals surface area contributed by atoms with Gasteiger partial charge in [0, 0.05) is 6.61 Å². The van der Waals surface area contributed by atoms with Crippen LogP contribution in [0.3, 0.4) is 0 Å². The van der Waals surface area contributed by atoms with E-state index in [9.17, 15) is 8.78 Å².